The third-order valence-electron chi connectivity index (χ3n) is 2.94. The molecule has 19 heavy (non-hydrogen) atoms. The van der Waals surface area contributed by atoms with E-state index in [4.69, 9.17) is 0 Å². The highest BCUT2D eigenvalue weighted by molar-refractivity contribution is 5.89. The number of nitrogens with one attached hydrogen (secondary N) is 1. The average molecular weight is 261 g/mol. The fraction of sp³-hybridized carbons (Fsp3) is 0.308. The first-order valence-electron chi connectivity index (χ1n) is 6.12. The molecule has 1 aromatic heterocycles. The third kappa shape index (κ3) is 2.73. The van der Waals surface area contributed by atoms with Gasteiger partial charge in [0.1, 0.15) is 0 Å². The quantitative estimate of drug-likeness (QED) is 0.661. The Labute approximate surface area is 110 Å². The molecule has 0 radical (unpaired) electrons. The van der Waals surface area contributed by atoms with Crippen molar-refractivity contribution < 1.29 is 9.72 Å². The van der Waals surface area contributed by atoms with Gasteiger partial charge in [0.15, 0.2) is 0 Å². The maximum Gasteiger partial charge on any atom is 0.278 e. The van der Waals surface area contributed by atoms with E-state index in [1.165, 1.54) is 6.07 Å². The summed E-state index contributed by atoms with van der Waals surface area (Å²) in [7, 11) is 0. The van der Waals surface area contributed by atoms with Crippen LogP contribution in [0.15, 0.2) is 30.5 Å². The average Bonchev–Trinajstić information content (AvgIpc) is 2.79. The van der Waals surface area contributed by atoms with E-state index in [1.807, 2.05) is 17.6 Å². The predicted octanol–water partition coefficient (Wildman–Crippen LogP) is 2.08. The minimum Gasteiger partial charge on any atom is -0.356 e. The Morgan fingerprint density at radius 2 is 2.21 bits per heavy atom. The molecule has 100 valence electrons. The van der Waals surface area contributed by atoms with E-state index in [-0.39, 0.29) is 11.6 Å². The van der Waals surface area contributed by atoms with Gasteiger partial charge >= 0.3 is 0 Å². The topological polar surface area (TPSA) is 77.2 Å². The summed E-state index contributed by atoms with van der Waals surface area (Å²) < 4.78 is 1.86. The van der Waals surface area contributed by atoms with Crippen LogP contribution in [-0.4, -0.2) is 21.9 Å². The summed E-state index contributed by atoms with van der Waals surface area (Å²) in [6, 6.07) is 6.67. The Kier molecular flexibility index (Phi) is 3.79. The monoisotopic (exact) mass is 261 g/mol. The molecule has 0 saturated carbocycles. The highest BCUT2D eigenvalue weighted by Crippen LogP contribution is 2.26. The van der Waals surface area contributed by atoms with Gasteiger partial charge in [-0.25, -0.2) is 0 Å². The molecule has 0 aliphatic carbocycles. The van der Waals surface area contributed by atoms with E-state index in [0.717, 1.165) is 5.52 Å². The SMILES string of the molecule is CCNC(=O)CCn1ccc2c([N+](=O)[O-])cccc21. The van der Waals surface area contributed by atoms with Gasteiger partial charge in [-0.2, -0.15) is 0 Å². The number of nitro benzene ring substituents is 1. The Balaban J connectivity index is 2.24. The zero-order chi connectivity index (χ0) is 13.8. The number of nitrogens with zero attached hydrogens (tertiary/aromatic N) is 2. The molecule has 2 rings (SSSR count). The number of non-ortho nitro benzene ring substituents is 1. The molecular formula is C13H15N3O3. The lowest BCUT2D eigenvalue weighted by Gasteiger charge is -2.05. The smallest absolute Gasteiger partial charge is 0.278 e. The molecule has 0 atom stereocenters. The summed E-state index contributed by atoms with van der Waals surface area (Å²) in [6.07, 6.45) is 2.14. The lowest BCUT2D eigenvalue weighted by molar-refractivity contribution is -0.383. The summed E-state index contributed by atoms with van der Waals surface area (Å²) in [5.41, 5.74) is 0.868. The van der Waals surface area contributed by atoms with Gasteiger partial charge < -0.3 is 9.88 Å². The van der Waals surface area contributed by atoms with E-state index < -0.39 is 4.92 Å². The second-order valence-electron chi connectivity index (χ2n) is 4.18. The lowest BCUT2D eigenvalue weighted by atomic mass is 10.2. The first kappa shape index (κ1) is 13.1. The number of hydrogen-bond acceptors (Lipinski definition) is 3. The van der Waals surface area contributed by atoms with Crippen molar-refractivity contribution >= 4 is 22.5 Å². The highest BCUT2D eigenvalue weighted by Gasteiger charge is 2.13. The molecule has 2 aromatic rings. The molecule has 1 aromatic carbocycles. The van der Waals surface area contributed by atoms with Crippen LogP contribution in [-0.2, 0) is 11.3 Å². The Bertz CT molecular complexity index is 619. The van der Waals surface area contributed by atoms with Crippen molar-refractivity contribution in [3.8, 4) is 0 Å². The van der Waals surface area contributed by atoms with Gasteiger partial charge in [-0.3, -0.25) is 14.9 Å². The van der Waals surface area contributed by atoms with Crippen molar-refractivity contribution in [2.75, 3.05) is 6.54 Å². The molecule has 6 nitrogen and oxygen atoms in total. The number of hydrogen-bond donors (Lipinski definition) is 1. The van der Waals surface area contributed by atoms with Crippen molar-refractivity contribution in [1.82, 2.24) is 9.88 Å². The maximum atomic E-state index is 11.4. The molecular weight excluding hydrogens is 246 g/mol. The van der Waals surface area contributed by atoms with Crippen LogP contribution in [0, 0.1) is 10.1 Å². The number of nitro groups is 1. The first-order valence-corrected chi connectivity index (χ1v) is 6.12. The Morgan fingerprint density at radius 3 is 2.89 bits per heavy atom. The van der Waals surface area contributed by atoms with Crippen LogP contribution < -0.4 is 5.32 Å². The number of benzene rings is 1. The number of aromatic nitrogens is 1. The number of aryl methyl sites for hydroxylation is 1. The van der Waals surface area contributed by atoms with Crippen molar-refractivity contribution in [2.24, 2.45) is 0 Å². The lowest BCUT2D eigenvalue weighted by Crippen LogP contribution is -2.23. The number of carbonyl (C=O) groups is 1. The summed E-state index contributed by atoms with van der Waals surface area (Å²) in [5.74, 6) is -0.0187. The molecule has 1 heterocycles. The standard InChI is InChI=1S/C13H15N3O3/c1-2-14-13(17)7-9-15-8-6-10-11(15)4-3-5-12(10)16(18)19/h3-6,8H,2,7,9H2,1H3,(H,14,17). The fourth-order valence-corrected chi connectivity index (χ4v) is 2.07. The molecule has 0 saturated heterocycles. The number of carbonyl (C=O) groups excluding carboxylic acids is 1. The van der Waals surface area contributed by atoms with Crippen LogP contribution in [0.4, 0.5) is 5.69 Å². The molecule has 0 unspecified atom stereocenters. The van der Waals surface area contributed by atoms with E-state index in [1.54, 1.807) is 18.3 Å². The van der Waals surface area contributed by atoms with Gasteiger partial charge in [-0.05, 0) is 19.1 Å². The second kappa shape index (κ2) is 5.51. The molecule has 6 heteroatoms. The maximum absolute atomic E-state index is 11.4. The normalized spacial score (nSPS) is 10.6. The van der Waals surface area contributed by atoms with E-state index in [9.17, 15) is 14.9 Å². The van der Waals surface area contributed by atoms with Crippen LogP contribution >= 0.6 is 0 Å². The van der Waals surface area contributed by atoms with Crippen LogP contribution in [0.3, 0.4) is 0 Å². The molecule has 1 N–H and O–H groups in total. The van der Waals surface area contributed by atoms with Crippen molar-refractivity contribution in [1.29, 1.82) is 0 Å². The van der Waals surface area contributed by atoms with E-state index in [2.05, 4.69) is 5.32 Å². The van der Waals surface area contributed by atoms with Crippen LogP contribution in [0.2, 0.25) is 0 Å². The van der Waals surface area contributed by atoms with E-state index in [0.29, 0.717) is 24.9 Å². The summed E-state index contributed by atoms with van der Waals surface area (Å²) in [5, 5.41) is 14.2. The van der Waals surface area contributed by atoms with Gasteiger partial charge in [0.05, 0.1) is 15.8 Å². The zero-order valence-corrected chi connectivity index (χ0v) is 10.6. The largest absolute Gasteiger partial charge is 0.356 e. The van der Waals surface area contributed by atoms with Gasteiger partial charge in [0.2, 0.25) is 5.91 Å². The van der Waals surface area contributed by atoms with Crippen LogP contribution in [0.1, 0.15) is 13.3 Å². The molecule has 0 aliphatic heterocycles. The second-order valence-corrected chi connectivity index (χ2v) is 4.18. The summed E-state index contributed by atoms with van der Waals surface area (Å²) in [6.45, 7) is 2.99. The van der Waals surface area contributed by atoms with Crippen molar-refractivity contribution in [2.45, 2.75) is 19.9 Å². The first-order chi connectivity index (χ1) is 9.13. The van der Waals surface area contributed by atoms with Gasteiger partial charge in [0, 0.05) is 31.8 Å². The Morgan fingerprint density at radius 1 is 1.42 bits per heavy atom. The van der Waals surface area contributed by atoms with Crippen LogP contribution in [0.5, 0.6) is 0 Å². The number of amides is 1. The summed E-state index contributed by atoms with van der Waals surface area (Å²) >= 11 is 0. The predicted molar refractivity (Wildman–Crippen MR) is 71.9 cm³/mol. The molecule has 0 spiro atoms. The molecule has 0 bridgehead atoms. The van der Waals surface area contributed by atoms with Gasteiger partial charge in [-0.1, -0.05) is 6.07 Å². The summed E-state index contributed by atoms with van der Waals surface area (Å²) in [4.78, 5) is 21.9. The third-order valence-corrected chi connectivity index (χ3v) is 2.94. The molecule has 1 amide bonds. The minimum atomic E-state index is -0.392. The fourth-order valence-electron chi connectivity index (χ4n) is 2.07. The zero-order valence-electron chi connectivity index (χ0n) is 10.6. The minimum absolute atomic E-state index is 0.0187. The van der Waals surface area contributed by atoms with Crippen LogP contribution in [0.25, 0.3) is 10.9 Å². The van der Waals surface area contributed by atoms with Crippen molar-refractivity contribution in [3.05, 3.63) is 40.6 Å². The Hall–Kier alpha value is -2.37. The number of fused-ring (bicyclic) bond motifs is 1. The highest BCUT2D eigenvalue weighted by atomic mass is 16.6. The molecule has 0 fully saturated rings. The van der Waals surface area contributed by atoms with Crippen molar-refractivity contribution in [3.63, 3.8) is 0 Å². The number of rotatable bonds is 5. The van der Waals surface area contributed by atoms with Gasteiger partial charge in [-0.15, -0.1) is 0 Å². The van der Waals surface area contributed by atoms with Gasteiger partial charge in [0.25, 0.3) is 5.69 Å². The van der Waals surface area contributed by atoms with E-state index >= 15 is 0 Å². The molecule has 0 aliphatic rings.